The number of nitrogens with one attached hydrogen (secondary N) is 1. The van der Waals surface area contributed by atoms with Crippen LogP contribution in [0.25, 0.3) is 11.1 Å². The zero-order valence-electron chi connectivity index (χ0n) is 22.1. The second-order valence-corrected chi connectivity index (χ2v) is 11.0. The Hall–Kier alpha value is -3.14. The van der Waals surface area contributed by atoms with E-state index < -0.39 is 54.1 Å². The van der Waals surface area contributed by atoms with E-state index >= 15 is 0 Å². The molecule has 1 aliphatic heterocycles. The summed E-state index contributed by atoms with van der Waals surface area (Å²) in [7, 11) is 0. The highest BCUT2D eigenvalue weighted by atomic mass is 19.3. The van der Waals surface area contributed by atoms with Crippen LogP contribution in [0.15, 0.2) is 42.6 Å². The molecular formula is C27H34F3N3O4. The van der Waals surface area contributed by atoms with Gasteiger partial charge in [-0.25, -0.2) is 9.18 Å². The van der Waals surface area contributed by atoms with Gasteiger partial charge in [-0.3, -0.25) is 9.78 Å². The predicted octanol–water partition coefficient (Wildman–Crippen LogP) is 5.75. The second kappa shape index (κ2) is 10.3. The lowest BCUT2D eigenvalue weighted by Crippen LogP contribution is -2.51. The number of nitrogens with zero attached hydrogens (tertiary/aromatic N) is 2. The lowest BCUT2D eigenvalue weighted by atomic mass is 9.97. The van der Waals surface area contributed by atoms with Crippen molar-refractivity contribution in [2.24, 2.45) is 0 Å². The van der Waals surface area contributed by atoms with Crippen molar-refractivity contribution in [3.8, 4) is 11.1 Å². The smallest absolute Gasteiger partial charge is 0.408 e. The minimum atomic E-state index is -3.25. The van der Waals surface area contributed by atoms with Gasteiger partial charge < -0.3 is 19.7 Å². The molecule has 0 aliphatic carbocycles. The molecule has 3 rings (SSSR count). The molecule has 1 aliphatic rings. The van der Waals surface area contributed by atoms with Gasteiger partial charge in [-0.05, 0) is 65.7 Å². The topological polar surface area (TPSA) is 80.8 Å². The van der Waals surface area contributed by atoms with E-state index in [4.69, 9.17) is 9.47 Å². The van der Waals surface area contributed by atoms with Crippen LogP contribution in [0.3, 0.4) is 0 Å². The van der Waals surface area contributed by atoms with Crippen molar-refractivity contribution in [2.75, 3.05) is 6.67 Å². The SMILES string of the molecule is CC(C)(C)OC(=O)NC(C)(C)c1ccc(-c2ccc([C@H]3OC(C)(C)N(C(=O)C(F)F)C3CF)cc2)cn1. The summed E-state index contributed by atoms with van der Waals surface area (Å²) in [6.07, 6.45) is -3.02. The van der Waals surface area contributed by atoms with Gasteiger partial charge in [0.1, 0.15) is 24.1 Å². The molecule has 1 N–H and O–H groups in total. The summed E-state index contributed by atoms with van der Waals surface area (Å²) in [6.45, 7) is 10.9. The number of carbonyl (C=O) groups is 2. The molecule has 1 fully saturated rings. The van der Waals surface area contributed by atoms with Crippen LogP contribution in [0, 0.1) is 0 Å². The normalized spacial score (nSPS) is 19.7. The van der Waals surface area contributed by atoms with Gasteiger partial charge in [-0.15, -0.1) is 0 Å². The Bertz CT molecular complexity index is 1110. The molecule has 37 heavy (non-hydrogen) atoms. The van der Waals surface area contributed by atoms with E-state index in [1.54, 1.807) is 57.3 Å². The first kappa shape index (κ1) is 28.4. The summed E-state index contributed by atoms with van der Waals surface area (Å²) in [6, 6.07) is 9.52. The lowest BCUT2D eigenvalue weighted by molar-refractivity contribution is -0.159. The van der Waals surface area contributed by atoms with Crippen molar-refractivity contribution < 1.29 is 32.2 Å². The molecule has 7 nitrogen and oxygen atoms in total. The zero-order valence-corrected chi connectivity index (χ0v) is 22.1. The Labute approximate surface area is 215 Å². The zero-order chi connectivity index (χ0) is 27.8. The molecule has 0 spiro atoms. The third-order valence-corrected chi connectivity index (χ3v) is 6.05. The first-order chi connectivity index (χ1) is 17.1. The number of hydrogen-bond donors (Lipinski definition) is 1. The van der Waals surface area contributed by atoms with Crippen LogP contribution < -0.4 is 5.32 Å². The van der Waals surface area contributed by atoms with Crippen molar-refractivity contribution in [3.63, 3.8) is 0 Å². The van der Waals surface area contributed by atoms with Gasteiger partial charge in [-0.2, -0.15) is 8.78 Å². The van der Waals surface area contributed by atoms with Gasteiger partial charge in [0.15, 0.2) is 0 Å². The van der Waals surface area contributed by atoms with Crippen molar-refractivity contribution in [1.29, 1.82) is 0 Å². The molecule has 0 saturated carbocycles. The monoisotopic (exact) mass is 521 g/mol. The van der Waals surface area contributed by atoms with Crippen LogP contribution in [0.4, 0.5) is 18.0 Å². The number of ether oxygens (including phenoxy) is 2. The fourth-order valence-corrected chi connectivity index (χ4v) is 4.38. The molecule has 2 atom stereocenters. The summed E-state index contributed by atoms with van der Waals surface area (Å²) in [4.78, 5) is 29.6. The minimum absolute atomic E-state index is 0.545. The second-order valence-electron chi connectivity index (χ2n) is 11.0. The van der Waals surface area contributed by atoms with E-state index in [2.05, 4.69) is 10.3 Å². The number of alkyl halides is 3. The van der Waals surface area contributed by atoms with Crippen molar-refractivity contribution in [2.45, 2.75) is 83.9 Å². The van der Waals surface area contributed by atoms with Gasteiger partial charge in [-0.1, -0.05) is 30.3 Å². The van der Waals surface area contributed by atoms with E-state index in [-0.39, 0.29) is 0 Å². The van der Waals surface area contributed by atoms with Crippen molar-refractivity contribution >= 4 is 12.0 Å². The molecule has 1 unspecified atom stereocenters. The maximum Gasteiger partial charge on any atom is 0.408 e. The number of halogens is 3. The fraction of sp³-hybridized carbons (Fsp3) is 0.519. The Kier molecular flexibility index (Phi) is 7.93. The van der Waals surface area contributed by atoms with Gasteiger partial charge in [0.05, 0.1) is 17.3 Å². The molecule has 2 heterocycles. The molecule has 1 aromatic heterocycles. The summed E-state index contributed by atoms with van der Waals surface area (Å²) < 4.78 is 51.4. The number of aromatic nitrogens is 1. The molecule has 1 saturated heterocycles. The van der Waals surface area contributed by atoms with Crippen LogP contribution in [0.5, 0.6) is 0 Å². The van der Waals surface area contributed by atoms with E-state index in [9.17, 15) is 22.8 Å². The number of benzene rings is 1. The molecule has 2 amide bonds. The molecule has 1 aromatic carbocycles. The molecular weight excluding hydrogens is 487 g/mol. The van der Waals surface area contributed by atoms with Gasteiger partial charge in [0.2, 0.25) is 0 Å². The van der Waals surface area contributed by atoms with E-state index in [1.165, 1.54) is 13.8 Å². The lowest BCUT2D eigenvalue weighted by Gasteiger charge is -2.32. The third-order valence-electron chi connectivity index (χ3n) is 6.05. The van der Waals surface area contributed by atoms with Crippen LogP contribution in [0.1, 0.15) is 65.8 Å². The summed E-state index contributed by atoms with van der Waals surface area (Å²) in [5, 5.41) is 2.82. The highest BCUT2D eigenvalue weighted by Crippen LogP contribution is 2.42. The Morgan fingerprint density at radius 1 is 1.08 bits per heavy atom. The molecule has 10 heteroatoms. The first-order valence-corrected chi connectivity index (χ1v) is 12.0. The maximum atomic E-state index is 13.9. The molecule has 2 aromatic rings. The van der Waals surface area contributed by atoms with E-state index in [1.807, 2.05) is 19.9 Å². The van der Waals surface area contributed by atoms with Crippen LogP contribution in [-0.4, -0.2) is 52.4 Å². The van der Waals surface area contributed by atoms with Gasteiger partial charge in [0, 0.05) is 11.8 Å². The number of rotatable bonds is 6. The Morgan fingerprint density at radius 3 is 2.16 bits per heavy atom. The average Bonchev–Trinajstić information content (AvgIpc) is 3.07. The highest BCUT2D eigenvalue weighted by molar-refractivity contribution is 5.80. The fourth-order valence-electron chi connectivity index (χ4n) is 4.38. The van der Waals surface area contributed by atoms with Crippen LogP contribution in [0.2, 0.25) is 0 Å². The van der Waals surface area contributed by atoms with Crippen LogP contribution >= 0.6 is 0 Å². The van der Waals surface area contributed by atoms with Crippen LogP contribution in [-0.2, 0) is 19.8 Å². The largest absolute Gasteiger partial charge is 0.444 e. The van der Waals surface area contributed by atoms with Gasteiger partial charge in [0.25, 0.3) is 5.91 Å². The summed E-state index contributed by atoms with van der Waals surface area (Å²) in [5.41, 5.74) is 0.0338. The van der Waals surface area contributed by atoms with E-state index in [0.29, 0.717) is 11.3 Å². The Balaban J connectivity index is 1.77. The maximum absolute atomic E-state index is 13.9. The number of carbonyl (C=O) groups excluding carboxylic acids is 2. The quantitative estimate of drug-likeness (QED) is 0.524. The summed E-state index contributed by atoms with van der Waals surface area (Å²) >= 11 is 0. The average molecular weight is 522 g/mol. The highest BCUT2D eigenvalue weighted by Gasteiger charge is 2.52. The first-order valence-electron chi connectivity index (χ1n) is 12.0. The standard InChI is InChI=1S/C27H34F3N3O4/c1-25(2,3)37-24(35)32-26(4,5)20-13-12-18(15-31-20)16-8-10-17(11-9-16)21-19(14-28)33(23(34)22(29)30)27(6,7)36-21/h8-13,15,19,21-22H,14H2,1-7H3,(H,32,35)/t19?,21-/m1/s1. The molecule has 0 radical (unpaired) electrons. The number of pyridine rings is 1. The van der Waals surface area contributed by atoms with Crippen molar-refractivity contribution in [3.05, 3.63) is 53.9 Å². The van der Waals surface area contributed by atoms with Gasteiger partial charge >= 0.3 is 12.5 Å². The number of alkyl carbamates (subject to hydrolysis) is 1. The minimum Gasteiger partial charge on any atom is -0.444 e. The number of amides is 2. The number of hydrogen-bond acceptors (Lipinski definition) is 5. The predicted molar refractivity (Wildman–Crippen MR) is 133 cm³/mol. The van der Waals surface area contributed by atoms with E-state index in [0.717, 1.165) is 16.0 Å². The summed E-state index contributed by atoms with van der Waals surface area (Å²) in [5.74, 6) is -1.46. The third kappa shape index (κ3) is 6.41. The van der Waals surface area contributed by atoms with Crippen molar-refractivity contribution in [1.82, 2.24) is 15.2 Å². The Morgan fingerprint density at radius 2 is 1.68 bits per heavy atom. The molecule has 202 valence electrons. The molecule has 0 bridgehead atoms.